The summed E-state index contributed by atoms with van der Waals surface area (Å²) < 4.78 is 0. The number of rotatable bonds is 3. The molecule has 1 N–H and O–H groups in total. The van der Waals surface area contributed by atoms with Gasteiger partial charge in [-0.15, -0.1) is 0 Å². The summed E-state index contributed by atoms with van der Waals surface area (Å²) in [4.78, 5) is 2.42. The van der Waals surface area contributed by atoms with E-state index in [0.29, 0.717) is 6.04 Å². The average molecular weight is 247 g/mol. The summed E-state index contributed by atoms with van der Waals surface area (Å²) in [5.74, 6) is 0. The van der Waals surface area contributed by atoms with Gasteiger partial charge in [-0.3, -0.25) is 4.90 Å². The fourth-order valence-electron chi connectivity index (χ4n) is 2.73. The van der Waals surface area contributed by atoms with Crippen LogP contribution in [0, 0.1) is 13.8 Å². The zero-order valence-electron chi connectivity index (χ0n) is 11.8. The molecule has 2 nitrogen and oxygen atoms in total. The number of nitrogens with zero attached hydrogens (tertiary/aromatic N) is 1. The second kappa shape index (κ2) is 5.85. The summed E-state index contributed by atoms with van der Waals surface area (Å²) in [6.45, 7) is 8.38. The molecule has 0 radical (unpaired) electrons. The minimum absolute atomic E-state index is 0.357. The molecule has 0 aromatic heterocycles. The molecular weight excluding hydrogens is 222 g/mol. The Kier molecular flexibility index (Phi) is 4.41. The topological polar surface area (TPSA) is 23.5 Å². The highest BCUT2D eigenvalue weighted by molar-refractivity contribution is 5.31. The lowest BCUT2D eigenvalue weighted by Crippen LogP contribution is -2.40. The van der Waals surface area contributed by atoms with Crippen LogP contribution in [0.5, 0.6) is 0 Å². The maximum atomic E-state index is 10.4. The van der Waals surface area contributed by atoms with Gasteiger partial charge in [-0.1, -0.05) is 24.6 Å². The van der Waals surface area contributed by atoms with E-state index in [2.05, 4.69) is 43.9 Å². The Morgan fingerprint density at radius 1 is 1.28 bits per heavy atom. The Morgan fingerprint density at radius 3 is 2.72 bits per heavy atom. The number of aliphatic hydroxyl groups excluding tert-OH is 1. The van der Waals surface area contributed by atoms with E-state index in [0.717, 1.165) is 18.7 Å². The zero-order chi connectivity index (χ0) is 13.1. The summed E-state index contributed by atoms with van der Waals surface area (Å²) in [5, 5.41) is 10.4. The van der Waals surface area contributed by atoms with Gasteiger partial charge >= 0.3 is 0 Å². The summed E-state index contributed by atoms with van der Waals surface area (Å²) in [6, 6.07) is 6.89. The van der Waals surface area contributed by atoms with Crippen molar-refractivity contribution in [1.82, 2.24) is 4.90 Å². The van der Waals surface area contributed by atoms with Crippen molar-refractivity contribution in [2.45, 2.75) is 52.2 Å². The van der Waals surface area contributed by atoms with Crippen LogP contribution in [0.1, 0.15) is 49.0 Å². The molecule has 2 unspecified atom stereocenters. The van der Waals surface area contributed by atoms with Gasteiger partial charge in [-0.05, 0) is 56.8 Å². The van der Waals surface area contributed by atoms with E-state index < -0.39 is 0 Å². The second-order valence-corrected chi connectivity index (χ2v) is 5.70. The first-order valence-corrected chi connectivity index (χ1v) is 7.07. The summed E-state index contributed by atoms with van der Waals surface area (Å²) in [6.07, 6.45) is 3.51. The smallest absolute Gasteiger partial charge is 0.0917 e. The summed E-state index contributed by atoms with van der Waals surface area (Å²) in [7, 11) is 0. The first kappa shape index (κ1) is 13.6. The third-order valence-corrected chi connectivity index (χ3v) is 4.26. The van der Waals surface area contributed by atoms with E-state index in [1.165, 1.54) is 30.4 Å². The number of likely N-dealkylation sites (tertiary alicyclic amines) is 1. The quantitative estimate of drug-likeness (QED) is 0.886. The van der Waals surface area contributed by atoms with Crippen LogP contribution >= 0.6 is 0 Å². The van der Waals surface area contributed by atoms with Gasteiger partial charge in [0.15, 0.2) is 0 Å². The van der Waals surface area contributed by atoms with E-state index in [1.807, 2.05) is 0 Å². The van der Waals surface area contributed by atoms with Crippen molar-refractivity contribution in [2.24, 2.45) is 0 Å². The lowest BCUT2D eigenvalue weighted by Gasteiger charge is -2.34. The molecule has 0 bridgehead atoms. The first-order valence-electron chi connectivity index (χ1n) is 7.07. The fraction of sp³-hybridized carbons (Fsp3) is 0.625. The van der Waals surface area contributed by atoms with E-state index >= 15 is 0 Å². The Balaban J connectivity index is 2.02. The van der Waals surface area contributed by atoms with Crippen molar-refractivity contribution in [3.8, 4) is 0 Å². The van der Waals surface area contributed by atoms with Gasteiger partial charge in [0.05, 0.1) is 6.10 Å². The molecule has 0 spiro atoms. The molecule has 2 atom stereocenters. The molecule has 1 fully saturated rings. The van der Waals surface area contributed by atoms with Gasteiger partial charge in [-0.25, -0.2) is 0 Å². The van der Waals surface area contributed by atoms with Crippen molar-refractivity contribution in [1.29, 1.82) is 0 Å². The predicted molar refractivity (Wildman–Crippen MR) is 75.8 cm³/mol. The van der Waals surface area contributed by atoms with Gasteiger partial charge in [0.2, 0.25) is 0 Å². The number of β-amino-alcohol motifs (C(OH)–C–C–N with tert-alkyl or cyclic N) is 1. The number of aryl methyl sites for hydroxylation is 2. The van der Waals surface area contributed by atoms with E-state index in [4.69, 9.17) is 0 Å². The van der Waals surface area contributed by atoms with Crippen LogP contribution in [0.2, 0.25) is 0 Å². The molecule has 1 aliphatic heterocycles. The minimum Gasteiger partial charge on any atom is -0.387 e. The maximum absolute atomic E-state index is 10.4. The third kappa shape index (κ3) is 3.12. The highest BCUT2D eigenvalue weighted by atomic mass is 16.3. The highest BCUT2D eigenvalue weighted by Gasteiger charge is 2.21. The van der Waals surface area contributed by atoms with E-state index in [-0.39, 0.29) is 6.10 Å². The Labute approximate surface area is 111 Å². The lowest BCUT2D eigenvalue weighted by molar-refractivity contribution is 0.0732. The van der Waals surface area contributed by atoms with Gasteiger partial charge in [-0.2, -0.15) is 0 Å². The average Bonchev–Trinajstić information content (AvgIpc) is 2.35. The van der Waals surface area contributed by atoms with Crippen LogP contribution in [0.25, 0.3) is 0 Å². The summed E-state index contributed by atoms with van der Waals surface area (Å²) >= 11 is 0. The molecule has 0 aliphatic carbocycles. The SMILES string of the molecule is Cc1ccc(C(O)CN2CCCCC2C)cc1C. The van der Waals surface area contributed by atoms with Crippen LogP contribution in [-0.2, 0) is 0 Å². The van der Waals surface area contributed by atoms with Crippen molar-refractivity contribution < 1.29 is 5.11 Å². The van der Waals surface area contributed by atoms with Gasteiger partial charge in [0.25, 0.3) is 0 Å². The number of hydrogen-bond acceptors (Lipinski definition) is 2. The fourth-order valence-corrected chi connectivity index (χ4v) is 2.73. The third-order valence-electron chi connectivity index (χ3n) is 4.26. The molecule has 2 heteroatoms. The predicted octanol–water partition coefficient (Wildman–Crippen LogP) is 3.21. The van der Waals surface area contributed by atoms with Crippen molar-refractivity contribution in [3.63, 3.8) is 0 Å². The normalized spacial score (nSPS) is 23.0. The summed E-state index contributed by atoms with van der Waals surface area (Å²) in [5.41, 5.74) is 3.60. The number of aliphatic hydroxyl groups is 1. The number of piperidine rings is 1. The molecule has 18 heavy (non-hydrogen) atoms. The zero-order valence-corrected chi connectivity index (χ0v) is 11.8. The lowest BCUT2D eigenvalue weighted by atomic mass is 9.99. The van der Waals surface area contributed by atoms with Crippen LogP contribution in [0.15, 0.2) is 18.2 Å². The molecule has 1 aromatic rings. The molecular formula is C16H25NO. The van der Waals surface area contributed by atoms with E-state index in [1.54, 1.807) is 0 Å². The first-order chi connectivity index (χ1) is 8.58. The number of benzene rings is 1. The monoisotopic (exact) mass is 247 g/mol. The standard InChI is InChI=1S/C16H25NO/c1-12-7-8-15(10-13(12)2)16(18)11-17-9-5-4-6-14(17)3/h7-8,10,14,16,18H,4-6,9,11H2,1-3H3. The maximum Gasteiger partial charge on any atom is 0.0917 e. The molecule has 1 aromatic carbocycles. The van der Waals surface area contributed by atoms with Crippen molar-refractivity contribution in [2.75, 3.05) is 13.1 Å². The molecule has 0 saturated carbocycles. The molecule has 2 rings (SSSR count). The number of hydrogen-bond donors (Lipinski definition) is 1. The van der Waals surface area contributed by atoms with Crippen molar-refractivity contribution >= 4 is 0 Å². The van der Waals surface area contributed by atoms with Crippen LogP contribution < -0.4 is 0 Å². The molecule has 100 valence electrons. The Bertz CT molecular complexity index is 402. The largest absolute Gasteiger partial charge is 0.387 e. The molecule has 1 aliphatic rings. The minimum atomic E-state index is -0.357. The van der Waals surface area contributed by atoms with Crippen LogP contribution in [0.4, 0.5) is 0 Å². The Hall–Kier alpha value is -0.860. The van der Waals surface area contributed by atoms with Gasteiger partial charge < -0.3 is 5.11 Å². The van der Waals surface area contributed by atoms with Crippen LogP contribution in [0.3, 0.4) is 0 Å². The highest BCUT2D eigenvalue weighted by Crippen LogP contribution is 2.22. The Morgan fingerprint density at radius 2 is 2.06 bits per heavy atom. The molecule has 1 saturated heterocycles. The second-order valence-electron chi connectivity index (χ2n) is 5.70. The van der Waals surface area contributed by atoms with Crippen molar-refractivity contribution in [3.05, 3.63) is 34.9 Å². The van der Waals surface area contributed by atoms with E-state index in [9.17, 15) is 5.11 Å². The molecule has 1 heterocycles. The molecule has 0 amide bonds. The van der Waals surface area contributed by atoms with Gasteiger partial charge in [0, 0.05) is 12.6 Å². The van der Waals surface area contributed by atoms with Gasteiger partial charge in [0.1, 0.15) is 0 Å². The van der Waals surface area contributed by atoms with Crippen LogP contribution in [-0.4, -0.2) is 29.1 Å².